The molecule has 0 spiro atoms. The summed E-state index contributed by atoms with van der Waals surface area (Å²) in [4.78, 5) is 7.27. The van der Waals surface area contributed by atoms with Gasteiger partial charge in [0.2, 0.25) is 0 Å². The molecule has 0 unspecified atom stereocenters. The number of nitrogens with zero attached hydrogens (tertiary/aromatic N) is 1. The first-order valence-electron chi connectivity index (χ1n) is 5.90. The summed E-state index contributed by atoms with van der Waals surface area (Å²) in [5, 5.41) is 0. The van der Waals surface area contributed by atoms with Crippen LogP contribution in [-0.4, -0.2) is 9.97 Å². The van der Waals surface area contributed by atoms with Crippen molar-refractivity contribution in [1.29, 1.82) is 0 Å². The van der Waals surface area contributed by atoms with E-state index in [0.717, 1.165) is 25.0 Å². The normalized spacial score (nSPS) is 17.5. The molecule has 19 heavy (non-hydrogen) atoms. The summed E-state index contributed by atoms with van der Waals surface area (Å²) < 4.78 is 37.4. The number of nitrogens with two attached hydrogens (primary N) is 1. The predicted molar refractivity (Wildman–Crippen MR) is 64.1 cm³/mol. The summed E-state index contributed by atoms with van der Waals surface area (Å²) in [6.07, 6.45) is -0.947. The molecule has 3 nitrogen and oxygen atoms in total. The highest BCUT2D eigenvalue weighted by atomic mass is 19.4. The number of hydrogen-bond donors (Lipinski definition) is 2. The zero-order valence-electron chi connectivity index (χ0n) is 9.96. The molecule has 0 radical (unpaired) electrons. The number of aromatic amines is 1. The quantitative estimate of drug-likeness (QED) is 0.878. The molecule has 100 valence electrons. The molecule has 1 heterocycles. The fourth-order valence-electron chi connectivity index (χ4n) is 1.93. The maximum atomic E-state index is 12.5. The Morgan fingerprint density at radius 2 is 1.79 bits per heavy atom. The van der Waals surface area contributed by atoms with Gasteiger partial charge in [0.25, 0.3) is 0 Å². The van der Waals surface area contributed by atoms with Gasteiger partial charge in [0.05, 0.1) is 23.0 Å². The SMILES string of the molecule is NC1(c2ncc(-c3ccc(C(F)(F)F)cc3)[nH]2)CC1. The molecule has 1 aromatic heterocycles. The van der Waals surface area contributed by atoms with Crippen molar-refractivity contribution in [2.24, 2.45) is 5.73 Å². The third-order valence-electron chi connectivity index (χ3n) is 3.36. The Bertz CT molecular complexity index is 594. The Labute approximate surface area is 107 Å². The largest absolute Gasteiger partial charge is 0.416 e. The fourth-order valence-corrected chi connectivity index (χ4v) is 1.93. The Balaban J connectivity index is 1.88. The van der Waals surface area contributed by atoms with E-state index in [-0.39, 0.29) is 5.54 Å². The molecule has 3 N–H and O–H groups in total. The van der Waals surface area contributed by atoms with Crippen LogP contribution in [0.25, 0.3) is 11.3 Å². The van der Waals surface area contributed by atoms with E-state index in [1.165, 1.54) is 12.1 Å². The van der Waals surface area contributed by atoms with E-state index in [1.807, 2.05) is 0 Å². The van der Waals surface area contributed by atoms with E-state index >= 15 is 0 Å². The van der Waals surface area contributed by atoms with Gasteiger partial charge in [0.1, 0.15) is 5.82 Å². The topological polar surface area (TPSA) is 54.7 Å². The van der Waals surface area contributed by atoms with Gasteiger partial charge in [-0.05, 0) is 30.5 Å². The maximum absolute atomic E-state index is 12.5. The second-order valence-electron chi connectivity index (χ2n) is 4.88. The van der Waals surface area contributed by atoms with Gasteiger partial charge in [-0.1, -0.05) is 12.1 Å². The van der Waals surface area contributed by atoms with E-state index in [4.69, 9.17) is 5.73 Å². The predicted octanol–water partition coefficient (Wildman–Crippen LogP) is 3.04. The van der Waals surface area contributed by atoms with Crippen LogP contribution in [0.4, 0.5) is 13.2 Å². The minimum atomic E-state index is -4.31. The molecule has 1 aliphatic rings. The van der Waals surface area contributed by atoms with E-state index in [2.05, 4.69) is 9.97 Å². The number of imidazole rings is 1. The number of H-pyrrole nitrogens is 1. The van der Waals surface area contributed by atoms with Crippen LogP contribution in [-0.2, 0) is 11.7 Å². The zero-order chi connectivity index (χ0) is 13.7. The molecule has 6 heteroatoms. The first-order valence-corrected chi connectivity index (χ1v) is 5.90. The number of benzene rings is 1. The van der Waals surface area contributed by atoms with Crippen LogP contribution in [0.5, 0.6) is 0 Å². The van der Waals surface area contributed by atoms with Crippen LogP contribution in [0.3, 0.4) is 0 Å². The Morgan fingerprint density at radius 3 is 2.32 bits per heavy atom. The first kappa shape index (κ1) is 12.2. The molecule has 3 rings (SSSR count). The van der Waals surface area contributed by atoms with Gasteiger partial charge < -0.3 is 10.7 Å². The summed E-state index contributed by atoms with van der Waals surface area (Å²) in [6.45, 7) is 0. The van der Waals surface area contributed by atoms with Gasteiger partial charge >= 0.3 is 6.18 Å². The van der Waals surface area contributed by atoms with Gasteiger partial charge in [0, 0.05) is 0 Å². The van der Waals surface area contributed by atoms with Crippen molar-refractivity contribution in [2.45, 2.75) is 24.6 Å². The Morgan fingerprint density at radius 1 is 1.16 bits per heavy atom. The molecular formula is C13H12F3N3. The molecule has 1 aromatic carbocycles. The highest BCUT2D eigenvalue weighted by Crippen LogP contribution is 2.41. The number of rotatable bonds is 2. The second kappa shape index (κ2) is 3.84. The Hall–Kier alpha value is -1.82. The highest BCUT2D eigenvalue weighted by molar-refractivity contribution is 5.59. The van der Waals surface area contributed by atoms with Crippen molar-refractivity contribution in [2.75, 3.05) is 0 Å². The van der Waals surface area contributed by atoms with Crippen molar-refractivity contribution in [3.8, 4) is 11.3 Å². The lowest BCUT2D eigenvalue weighted by Crippen LogP contribution is -2.20. The fraction of sp³-hybridized carbons (Fsp3) is 0.308. The van der Waals surface area contributed by atoms with E-state index in [9.17, 15) is 13.2 Å². The van der Waals surface area contributed by atoms with Crippen LogP contribution in [0.15, 0.2) is 30.5 Å². The third-order valence-corrected chi connectivity index (χ3v) is 3.36. The van der Waals surface area contributed by atoms with Gasteiger partial charge in [-0.3, -0.25) is 0 Å². The first-order chi connectivity index (χ1) is 8.88. The average Bonchev–Trinajstić information content (AvgIpc) is 2.93. The van der Waals surface area contributed by atoms with E-state index in [1.54, 1.807) is 6.20 Å². The van der Waals surface area contributed by atoms with Gasteiger partial charge in [-0.2, -0.15) is 13.2 Å². The Kier molecular flexibility index (Phi) is 2.47. The number of halogens is 3. The van der Waals surface area contributed by atoms with Crippen molar-refractivity contribution >= 4 is 0 Å². The van der Waals surface area contributed by atoms with Crippen molar-refractivity contribution in [1.82, 2.24) is 9.97 Å². The van der Waals surface area contributed by atoms with Crippen molar-refractivity contribution in [3.05, 3.63) is 41.9 Å². The average molecular weight is 267 g/mol. The molecule has 0 atom stereocenters. The molecule has 1 aliphatic carbocycles. The molecular weight excluding hydrogens is 255 g/mol. The zero-order valence-corrected chi connectivity index (χ0v) is 9.96. The summed E-state index contributed by atoms with van der Waals surface area (Å²) >= 11 is 0. The molecule has 0 amide bonds. The standard InChI is InChI=1S/C13H12F3N3/c14-13(15,16)9-3-1-8(2-4-9)10-7-18-11(19-10)12(17)5-6-12/h1-4,7H,5-6,17H2,(H,18,19). The van der Waals surface area contributed by atoms with Gasteiger partial charge in [-0.25, -0.2) is 4.98 Å². The number of alkyl halides is 3. The molecule has 2 aromatic rings. The summed E-state index contributed by atoms with van der Waals surface area (Å²) in [7, 11) is 0. The van der Waals surface area contributed by atoms with Crippen LogP contribution < -0.4 is 5.73 Å². The lowest BCUT2D eigenvalue weighted by atomic mass is 10.1. The highest BCUT2D eigenvalue weighted by Gasteiger charge is 2.42. The summed E-state index contributed by atoms with van der Waals surface area (Å²) in [5.74, 6) is 0.697. The van der Waals surface area contributed by atoms with Crippen LogP contribution in [0, 0.1) is 0 Å². The van der Waals surface area contributed by atoms with Gasteiger partial charge in [-0.15, -0.1) is 0 Å². The molecule has 1 saturated carbocycles. The van der Waals surface area contributed by atoms with Crippen molar-refractivity contribution in [3.63, 3.8) is 0 Å². The lowest BCUT2D eigenvalue weighted by Gasteiger charge is -2.07. The number of aromatic nitrogens is 2. The maximum Gasteiger partial charge on any atom is 0.416 e. The van der Waals surface area contributed by atoms with Gasteiger partial charge in [0.15, 0.2) is 0 Å². The number of nitrogens with one attached hydrogen (secondary N) is 1. The monoisotopic (exact) mass is 267 g/mol. The number of hydrogen-bond acceptors (Lipinski definition) is 2. The summed E-state index contributed by atoms with van der Waals surface area (Å²) in [5.41, 5.74) is 6.31. The molecule has 0 aliphatic heterocycles. The second-order valence-corrected chi connectivity index (χ2v) is 4.88. The van der Waals surface area contributed by atoms with Crippen LogP contribution >= 0.6 is 0 Å². The smallest absolute Gasteiger partial charge is 0.340 e. The van der Waals surface area contributed by atoms with Crippen molar-refractivity contribution < 1.29 is 13.2 Å². The van der Waals surface area contributed by atoms with E-state index in [0.29, 0.717) is 17.1 Å². The molecule has 0 saturated heterocycles. The minimum Gasteiger partial charge on any atom is -0.340 e. The van der Waals surface area contributed by atoms with Crippen LogP contribution in [0.1, 0.15) is 24.2 Å². The third kappa shape index (κ3) is 2.23. The summed E-state index contributed by atoms with van der Waals surface area (Å²) in [6, 6.07) is 4.97. The van der Waals surface area contributed by atoms with E-state index < -0.39 is 11.7 Å². The minimum absolute atomic E-state index is 0.371. The molecule has 0 bridgehead atoms. The molecule has 1 fully saturated rings. The lowest BCUT2D eigenvalue weighted by molar-refractivity contribution is -0.137. The van der Waals surface area contributed by atoms with Crippen LogP contribution in [0.2, 0.25) is 0 Å².